The van der Waals surface area contributed by atoms with Crippen LogP contribution in [0.1, 0.15) is 29.7 Å². The molecule has 0 aliphatic carbocycles. The summed E-state index contributed by atoms with van der Waals surface area (Å²) in [5.74, 6) is -1.15. The fourth-order valence-electron chi connectivity index (χ4n) is 3.50. The highest BCUT2D eigenvalue weighted by Crippen LogP contribution is 2.31. The molecule has 1 aliphatic rings. The number of rotatable bonds is 3. The Hall–Kier alpha value is -3.32. The molecule has 0 radical (unpaired) electrons. The Kier molecular flexibility index (Phi) is 5.22. The zero-order valence-corrected chi connectivity index (χ0v) is 17.5. The second-order valence-corrected chi connectivity index (χ2v) is 8.01. The topological polar surface area (TPSA) is 60.7 Å². The summed E-state index contributed by atoms with van der Waals surface area (Å²) in [6.07, 6.45) is 1.78. The van der Waals surface area contributed by atoms with Crippen molar-refractivity contribution in [2.45, 2.75) is 19.9 Å². The Balaban J connectivity index is 2.00. The maximum absolute atomic E-state index is 14.7. The number of carbonyl (C=O) groups is 1. The number of ether oxygens (including phenoxy) is 1. The highest BCUT2D eigenvalue weighted by molar-refractivity contribution is 7.07. The van der Waals surface area contributed by atoms with Gasteiger partial charge in [0.2, 0.25) is 0 Å². The molecule has 1 aromatic heterocycles. The number of nitrogens with zero attached hydrogens (tertiary/aromatic N) is 2. The summed E-state index contributed by atoms with van der Waals surface area (Å²) >= 11 is 1.21. The first-order valence-electron chi connectivity index (χ1n) is 9.32. The van der Waals surface area contributed by atoms with Gasteiger partial charge in [0.15, 0.2) is 4.80 Å². The first-order chi connectivity index (χ1) is 14.4. The molecule has 1 aliphatic heterocycles. The van der Waals surface area contributed by atoms with Crippen molar-refractivity contribution in [2.75, 3.05) is 7.11 Å². The van der Waals surface area contributed by atoms with E-state index in [2.05, 4.69) is 4.99 Å². The Morgan fingerprint density at radius 2 is 1.87 bits per heavy atom. The smallest absolute Gasteiger partial charge is 0.338 e. The maximum Gasteiger partial charge on any atom is 0.338 e. The Labute approximate surface area is 176 Å². The molecule has 0 saturated carbocycles. The lowest BCUT2D eigenvalue weighted by Gasteiger charge is -2.24. The van der Waals surface area contributed by atoms with Crippen molar-refractivity contribution in [3.63, 3.8) is 0 Å². The van der Waals surface area contributed by atoms with Gasteiger partial charge in [-0.2, -0.15) is 0 Å². The van der Waals surface area contributed by atoms with Crippen LogP contribution >= 0.6 is 11.3 Å². The minimum Gasteiger partial charge on any atom is -0.466 e. The van der Waals surface area contributed by atoms with E-state index in [9.17, 15) is 14.0 Å². The van der Waals surface area contributed by atoms with Crippen molar-refractivity contribution in [3.8, 4) is 0 Å². The number of carbonyl (C=O) groups excluding carboxylic acids is 1. The number of benzene rings is 2. The number of fused-ring (bicyclic) bond motifs is 1. The molecule has 152 valence electrons. The minimum atomic E-state index is -0.949. The van der Waals surface area contributed by atoms with E-state index in [1.165, 1.54) is 29.1 Å². The summed E-state index contributed by atoms with van der Waals surface area (Å²) in [7, 11) is 1.25. The summed E-state index contributed by atoms with van der Waals surface area (Å²) in [6, 6.07) is 12.9. The first-order valence-corrected chi connectivity index (χ1v) is 10.1. The van der Waals surface area contributed by atoms with Crippen LogP contribution in [0.15, 0.2) is 69.6 Å². The number of aryl methyl sites for hydroxylation is 1. The highest BCUT2D eigenvalue weighted by Gasteiger charge is 2.34. The van der Waals surface area contributed by atoms with Gasteiger partial charge >= 0.3 is 5.97 Å². The number of hydrogen-bond acceptors (Lipinski definition) is 5. The number of halogens is 1. The largest absolute Gasteiger partial charge is 0.466 e. The van der Waals surface area contributed by atoms with Gasteiger partial charge in [-0.15, -0.1) is 0 Å². The van der Waals surface area contributed by atoms with E-state index in [0.717, 1.165) is 11.1 Å². The molecule has 0 amide bonds. The predicted molar refractivity (Wildman–Crippen MR) is 113 cm³/mol. The second kappa shape index (κ2) is 7.84. The normalized spacial score (nSPS) is 16.3. The fraction of sp³-hybridized carbons (Fsp3) is 0.174. The van der Waals surface area contributed by atoms with E-state index < -0.39 is 17.8 Å². The summed E-state index contributed by atoms with van der Waals surface area (Å²) < 4.78 is 21.5. The van der Waals surface area contributed by atoms with Crippen LogP contribution < -0.4 is 14.9 Å². The lowest BCUT2D eigenvalue weighted by molar-refractivity contribution is -0.136. The zero-order valence-electron chi connectivity index (χ0n) is 16.7. The van der Waals surface area contributed by atoms with Crippen molar-refractivity contribution in [1.82, 2.24) is 4.57 Å². The van der Waals surface area contributed by atoms with E-state index in [1.54, 1.807) is 31.2 Å². The van der Waals surface area contributed by atoms with E-state index in [0.29, 0.717) is 15.0 Å². The van der Waals surface area contributed by atoms with Crippen molar-refractivity contribution < 1.29 is 13.9 Å². The second-order valence-electron chi connectivity index (χ2n) is 7.01. The molecule has 7 heteroatoms. The van der Waals surface area contributed by atoms with Crippen LogP contribution in [0.25, 0.3) is 6.08 Å². The number of allylic oxidation sites excluding steroid dienone is 1. The highest BCUT2D eigenvalue weighted by atomic mass is 32.1. The van der Waals surface area contributed by atoms with E-state index >= 15 is 0 Å². The van der Waals surface area contributed by atoms with Gasteiger partial charge < -0.3 is 4.74 Å². The summed E-state index contributed by atoms with van der Waals surface area (Å²) in [4.78, 5) is 30.7. The lowest BCUT2D eigenvalue weighted by atomic mass is 9.95. The van der Waals surface area contributed by atoms with Gasteiger partial charge in [0.1, 0.15) is 11.9 Å². The van der Waals surface area contributed by atoms with Crippen LogP contribution in [0, 0.1) is 12.7 Å². The van der Waals surface area contributed by atoms with Crippen LogP contribution in [-0.2, 0) is 9.53 Å². The van der Waals surface area contributed by atoms with Gasteiger partial charge in [0.05, 0.1) is 22.9 Å². The average molecular weight is 422 g/mol. The van der Waals surface area contributed by atoms with Crippen LogP contribution in [-0.4, -0.2) is 17.6 Å². The number of methoxy groups -OCH3 is 1. The molecule has 5 nitrogen and oxygen atoms in total. The molecule has 2 aromatic carbocycles. The molecular formula is C23H19FN2O3S. The zero-order chi connectivity index (χ0) is 21.4. The van der Waals surface area contributed by atoms with Crippen molar-refractivity contribution in [3.05, 3.63) is 102 Å². The van der Waals surface area contributed by atoms with Crippen LogP contribution in [0.4, 0.5) is 4.39 Å². The summed E-state index contributed by atoms with van der Waals surface area (Å²) in [5, 5.41) is 0. The number of aromatic nitrogens is 1. The number of esters is 1. The maximum atomic E-state index is 14.7. The molecular weight excluding hydrogens is 403 g/mol. The van der Waals surface area contributed by atoms with Gasteiger partial charge in [-0.05, 0) is 31.6 Å². The molecule has 0 fully saturated rings. The van der Waals surface area contributed by atoms with E-state index in [4.69, 9.17) is 4.74 Å². The summed E-state index contributed by atoms with van der Waals surface area (Å²) in [5.41, 5.74) is 2.43. The lowest BCUT2D eigenvalue weighted by Crippen LogP contribution is -2.40. The molecule has 0 N–H and O–H groups in total. The van der Waals surface area contributed by atoms with Gasteiger partial charge in [0, 0.05) is 5.56 Å². The Bertz CT molecular complexity index is 1350. The molecule has 30 heavy (non-hydrogen) atoms. The minimum absolute atomic E-state index is 0.150. The monoisotopic (exact) mass is 422 g/mol. The number of thiazole rings is 1. The molecule has 0 bridgehead atoms. The molecule has 0 saturated heterocycles. The average Bonchev–Trinajstić information content (AvgIpc) is 3.03. The van der Waals surface area contributed by atoms with Gasteiger partial charge in [-0.25, -0.2) is 14.2 Å². The Morgan fingerprint density at radius 1 is 1.17 bits per heavy atom. The fourth-order valence-corrected chi connectivity index (χ4v) is 4.54. The molecule has 0 spiro atoms. The molecule has 2 heterocycles. The predicted octanol–water partition coefficient (Wildman–Crippen LogP) is 2.86. The van der Waals surface area contributed by atoms with E-state index in [1.807, 2.05) is 31.2 Å². The van der Waals surface area contributed by atoms with Crippen molar-refractivity contribution in [1.29, 1.82) is 0 Å². The molecule has 1 atom stereocenters. The summed E-state index contributed by atoms with van der Waals surface area (Å²) in [6.45, 7) is 3.65. The first kappa shape index (κ1) is 20.0. The van der Waals surface area contributed by atoms with Crippen LogP contribution in [0.5, 0.6) is 0 Å². The standard InChI is InChI=1S/C23H19FN2O3S/c1-13-8-10-15(11-9-13)12-18-21(27)26-20(16-6-4-5-7-17(16)24)19(22(28)29-3)14(2)25-23(26)30-18/h4-12,20H,1-3H3/b18-12-. The van der Waals surface area contributed by atoms with Gasteiger partial charge in [0.25, 0.3) is 5.56 Å². The third kappa shape index (κ3) is 3.41. The third-order valence-electron chi connectivity index (χ3n) is 5.00. The quantitative estimate of drug-likeness (QED) is 0.610. The van der Waals surface area contributed by atoms with Crippen LogP contribution in [0.2, 0.25) is 0 Å². The molecule has 1 unspecified atom stereocenters. The number of hydrogen-bond donors (Lipinski definition) is 0. The molecule has 3 aromatic rings. The Morgan fingerprint density at radius 3 is 2.53 bits per heavy atom. The molecule has 4 rings (SSSR count). The van der Waals surface area contributed by atoms with Crippen LogP contribution in [0.3, 0.4) is 0 Å². The van der Waals surface area contributed by atoms with Crippen molar-refractivity contribution >= 4 is 23.4 Å². The van der Waals surface area contributed by atoms with E-state index in [-0.39, 0.29) is 16.7 Å². The van der Waals surface area contributed by atoms with Crippen molar-refractivity contribution in [2.24, 2.45) is 4.99 Å². The third-order valence-corrected chi connectivity index (χ3v) is 5.98. The van der Waals surface area contributed by atoms with Gasteiger partial charge in [-0.1, -0.05) is 59.4 Å². The van der Waals surface area contributed by atoms with Gasteiger partial charge in [-0.3, -0.25) is 9.36 Å². The SMILES string of the molecule is COC(=O)C1=C(C)N=c2s/c(=C\c3ccc(C)cc3)c(=O)n2C1c1ccccc1F.